The van der Waals surface area contributed by atoms with Gasteiger partial charge in [0.15, 0.2) is 5.58 Å². The predicted octanol–water partition coefficient (Wildman–Crippen LogP) is 0.639. The zero-order valence-corrected chi connectivity index (χ0v) is 9.06. The van der Waals surface area contributed by atoms with E-state index in [1.54, 1.807) is 12.1 Å². The summed E-state index contributed by atoms with van der Waals surface area (Å²) in [5.74, 6) is -0.490. The Bertz CT molecular complexity index is 610. The van der Waals surface area contributed by atoms with Crippen molar-refractivity contribution in [1.82, 2.24) is 4.98 Å². The van der Waals surface area contributed by atoms with Crippen LogP contribution in [0.3, 0.4) is 0 Å². The monoisotopic (exact) mass is 235 g/mol. The molecule has 0 saturated heterocycles. The number of hydrogen-bond acceptors (Lipinski definition) is 5. The maximum atomic E-state index is 11.0. The van der Waals surface area contributed by atoms with Crippen molar-refractivity contribution in [2.75, 3.05) is 11.1 Å². The molecule has 1 saturated carbocycles. The van der Waals surface area contributed by atoms with Crippen molar-refractivity contribution in [3.05, 3.63) is 22.7 Å². The molecule has 1 aliphatic rings. The van der Waals surface area contributed by atoms with Crippen LogP contribution in [0.5, 0.6) is 0 Å². The van der Waals surface area contributed by atoms with Crippen molar-refractivity contribution >= 4 is 22.5 Å². The summed E-state index contributed by atoms with van der Waals surface area (Å²) in [5.41, 5.74) is 8.21. The smallest absolute Gasteiger partial charge is 0.408 e. The van der Waals surface area contributed by atoms with E-state index in [-0.39, 0.29) is 12.1 Å². The average Bonchev–Trinajstić information content (AvgIpc) is 2.55. The van der Waals surface area contributed by atoms with E-state index < -0.39 is 5.76 Å². The Morgan fingerprint density at radius 3 is 2.94 bits per heavy atom. The number of aliphatic hydroxyl groups excluding tert-OH is 1. The number of aromatic nitrogens is 1. The van der Waals surface area contributed by atoms with E-state index in [9.17, 15) is 9.90 Å². The van der Waals surface area contributed by atoms with Gasteiger partial charge in [0.1, 0.15) is 0 Å². The molecule has 0 radical (unpaired) electrons. The largest absolute Gasteiger partial charge is 0.417 e. The summed E-state index contributed by atoms with van der Waals surface area (Å²) >= 11 is 0. The number of oxazole rings is 1. The predicted molar refractivity (Wildman–Crippen MR) is 63.9 cm³/mol. The average molecular weight is 235 g/mol. The van der Waals surface area contributed by atoms with Gasteiger partial charge in [0.05, 0.1) is 23.0 Å². The Hall–Kier alpha value is -1.95. The van der Waals surface area contributed by atoms with Gasteiger partial charge in [-0.25, -0.2) is 4.79 Å². The quantitative estimate of drug-likeness (QED) is 0.572. The van der Waals surface area contributed by atoms with Crippen molar-refractivity contribution in [2.45, 2.75) is 25.0 Å². The third-order valence-electron chi connectivity index (χ3n) is 3.06. The minimum Gasteiger partial charge on any atom is -0.408 e. The minimum atomic E-state index is -0.490. The molecule has 0 spiro atoms. The first-order valence-corrected chi connectivity index (χ1v) is 5.49. The molecule has 0 atom stereocenters. The van der Waals surface area contributed by atoms with Crippen LogP contribution < -0.4 is 16.8 Å². The number of anilines is 2. The molecule has 0 amide bonds. The third-order valence-corrected chi connectivity index (χ3v) is 3.06. The zero-order chi connectivity index (χ0) is 12.0. The molecule has 1 aliphatic carbocycles. The molecule has 1 heterocycles. The van der Waals surface area contributed by atoms with Crippen molar-refractivity contribution in [2.24, 2.45) is 0 Å². The number of aliphatic hydroxyl groups is 1. The Balaban J connectivity index is 1.92. The number of rotatable bonds is 2. The lowest BCUT2D eigenvalue weighted by Crippen LogP contribution is -2.39. The highest BCUT2D eigenvalue weighted by atomic mass is 16.4. The van der Waals surface area contributed by atoms with Crippen molar-refractivity contribution in [3.63, 3.8) is 0 Å². The molecule has 17 heavy (non-hydrogen) atoms. The Kier molecular flexibility index (Phi) is 2.12. The van der Waals surface area contributed by atoms with Gasteiger partial charge in [-0.15, -0.1) is 0 Å². The summed E-state index contributed by atoms with van der Waals surface area (Å²) in [6.07, 6.45) is 1.23. The molecule has 6 heteroatoms. The van der Waals surface area contributed by atoms with Crippen LogP contribution in [-0.2, 0) is 0 Å². The molecule has 2 aromatic rings. The van der Waals surface area contributed by atoms with E-state index in [4.69, 9.17) is 10.2 Å². The molecule has 0 aliphatic heterocycles. The maximum Gasteiger partial charge on any atom is 0.417 e. The summed E-state index contributed by atoms with van der Waals surface area (Å²) < 4.78 is 4.91. The van der Waals surface area contributed by atoms with Crippen LogP contribution in [0.1, 0.15) is 12.8 Å². The normalized spacial score (nSPS) is 23.6. The van der Waals surface area contributed by atoms with Gasteiger partial charge >= 0.3 is 5.76 Å². The van der Waals surface area contributed by atoms with Crippen molar-refractivity contribution in [3.8, 4) is 0 Å². The van der Waals surface area contributed by atoms with Crippen LogP contribution in [0.25, 0.3) is 11.1 Å². The van der Waals surface area contributed by atoms with Gasteiger partial charge in [-0.05, 0) is 18.9 Å². The number of benzene rings is 1. The second kappa shape index (κ2) is 3.53. The van der Waals surface area contributed by atoms with E-state index in [0.717, 1.165) is 18.5 Å². The Labute approximate surface area is 96.4 Å². The molecular weight excluding hydrogens is 222 g/mol. The van der Waals surface area contributed by atoms with Crippen molar-refractivity contribution in [1.29, 1.82) is 0 Å². The molecule has 1 aromatic carbocycles. The maximum absolute atomic E-state index is 11.0. The van der Waals surface area contributed by atoms with Crippen LogP contribution in [-0.4, -0.2) is 22.2 Å². The Morgan fingerprint density at radius 2 is 2.24 bits per heavy atom. The second-order valence-corrected chi connectivity index (χ2v) is 4.42. The topological polar surface area (TPSA) is 104 Å². The summed E-state index contributed by atoms with van der Waals surface area (Å²) in [6, 6.07) is 3.61. The third kappa shape index (κ3) is 1.76. The molecule has 5 N–H and O–H groups in total. The van der Waals surface area contributed by atoms with E-state index in [1.165, 1.54) is 0 Å². The number of aromatic amines is 1. The first-order valence-electron chi connectivity index (χ1n) is 5.49. The summed E-state index contributed by atoms with van der Waals surface area (Å²) in [7, 11) is 0. The molecule has 0 bridgehead atoms. The van der Waals surface area contributed by atoms with E-state index in [0.29, 0.717) is 16.8 Å². The van der Waals surface area contributed by atoms with Crippen LogP contribution in [0.15, 0.2) is 21.3 Å². The lowest BCUT2D eigenvalue weighted by molar-refractivity contribution is 0.0837. The van der Waals surface area contributed by atoms with Gasteiger partial charge in [0, 0.05) is 12.1 Å². The van der Waals surface area contributed by atoms with Gasteiger partial charge in [-0.3, -0.25) is 4.98 Å². The van der Waals surface area contributed by atoms with Crippen molar-refractivity contribution < 1.29 is 9.52 Å². The summed E-state index contributed by atoms with van der Waals surface area (Å²) in [5, 5.41) is 12.4. The van der Waals surface area contributed by atoms with E-state index in [2.05, 4.69) is 10.3 Å². The van der Waals surface area contributed by atoms with Gasteiger partial charge in [-0.1, -0.05) is 0 Å². The first-order chi connectivity index (χ1) is 8.11. The molecule has 90 valence electrons. The highest BCUT2D eigenvalue weighted by Gasteiger charge is 2.27. The number of hydrogen-bond donors (Lipinski definition) is 4. The van der Waals surface area contributed by atoms with Crippen LogP contribution >= 0.6 is 0 Å². The molecule has 0 unspecified atom stereocenters. The molecule has 1 fully saturated rings. The van der Waals surface area contributed by atoms with Gasteiger partial charge < -0.3 is 20.6 Å². The second-order valence-electron chi connectivity index (χ2n) is 4.42. The molecule has 6 nitrogen and oxygen atoms in total. The van der Waals surface area contributed by atoms with Crippen LogP contribution in [0, 0.1) is 0 Å². The SMILES string of the molecule is Nc1cc2oc(=O)[nH]c2cc1NC1CC(O)C1. The fourth-order valence-electron chi connectivity index (χ4n) is 2.06. The number of nitrogen functional groups attached to an aromatic ring is 1. The fourth-order valence-corrected chi connectivity index (χ4v) is 2.06. The Morgan fingerprint density at radius 1 is 1.47 bits per heavy atom. The number of H-pyrrole nitrogens is 1. The molecular formula is C11H13N3O3. The van der Waals surface area contributed by atoms with Gasteiger partial charge in [-0.2, -0.15) is 0 Å². The van der Waals surface area contributed by atoms with E-state index >= 15 is 0 Å². The van der Waals surface area contributed by atoms with Gasteiger partial charge in [0.2, 0.25) is 0 Å². The lowest BCUT2D eigenvalue weighted by Gasteiger charge is -2.33. The molecule has 3 rings (SSSR count). The van der Waals surface area contributed by atoms with Crippen LogP contribution in [0.4, 0.5) is 11.4 Å². The lowest BCUT2D eigenvalue weighted by atomic mass is 9.89. The fraction of sp³-hybridized carbons (Fsp3) is 0.364. The van der Waals surface area contributed by atoms with E-state index in [1.807, 2.05) is 0 Å². The highest BCUT2D eigenvalue weighted by Crippen LogP contribution is 2.29. The summed E-state index contributed by atoms with van der Waals surface area (Å²) in [4.78, 5) is 13.6. The van der Waals surface area contributed by atoms with Crippen LogP contribution in [0.2, 0.25) is 0 Å². The number of nitrogens with two attached hydrogens (primary N) is 1. The zero-order valence-electron chi connectivity index (χ0n) is 9.06. The standard InChI is InChI=1S/C11H13N3O3/c12-7-3-10-9(14-11(16)17-10)4-8(7)13-5-1-6(15)2-5/h3-6,13,15H,1-2,12H2,(H,14,16). The molecule has 1 aromatic heterocycles. The first kappa shape index (κ1) is 10.2. The highest BCUT2D eigenvalue weighted by molar-refractivity contribution is 5.85. The number of fused-ring (bicyclic) bond motifs is 1. The summed E-state index contributed by atoms with van der Waals surface area (Å²) in [6.45, 7) is 0. The minimum absolute atomic E-state index is 0.216. The van der Waals surface area contributed by atoms with Gasteiger partial charge in [0.25, 0.3) is 0 Å². The number of nitrogens with one attached hydrogen (secondary N) is 2.